The summed E-state index contributed by atoms with van der Waals surface area (Å²) >= 11 is 2.00. The summed E-state index contributed by atoms with van der Waals surface area (Å²) < 4.78 is 0. The molecule has 0 aliphatic rings. The van der Waals surface area contributed by atoms with Crippen LogP contribution in [0.15, 0.2) is 0 Å². The van der Waals surface area contributed by atoms with Gasteiger partial charge in [0, 0.05) is 5.25 Å². The zero-order valence-corrected chi connectivity index (χ0v) is 11.9. The lowest BCUT2D eigenvalue weighted by Gasteiger charge is -2.07. The molecule has 0 spiro atoms. The number of hydrogen-bond donors (Lipinski definition) is 0. The van der Waals surface area contributed by atoms with Gasteiger partial charge in [0.1, 0.15) is 0 Å². The molecular formula is C14H30S. The van der Waals surface area contributed by atoms with E-state index < -0.39 is 0 Å². The smallest absolute Gasteiger partial charge is 0.00159 e. The van der Waals surface area contributed by atoms with E-state index in [1.165, 1.54) is 64.2 Å². The highest BCUT2D eigenvalue weighted by Gasteiger charge is 1.98. The first-order chi connectivity index (χ1) is 7.31. The van der Waals surface area contributed by atoms with E-state index in [2.05, 4.69) is 20.1 Å². The van der Waals surface area contributed by atoms with Crippen molar-refractivity contribution in [2.45, 2.75) is 83.3 Å². The second kappa shape index (κ2) is 12.4. The van der Waals surface area contributed by atoms with E-state index in [9.17, 15) is 0 Å². The molecule has 0 rings (SSSR count). The van der Waals surface area contributed by atoms with Gasteiger partial charge in [0.05, 0.1) is 0 Å². The molecule has 1 atom stereocenters. The molecule has 0 aromatic carbocycles. The van der Waals surface area contributed by atoms with Crippen LogP contribution in [0.5, 0.6) is 0 Å². The lowest BCUT2D eigenvalue weighted by molar-refractivity contribution is 0.556. The zero-order chi connectivity index (χ0) is 11.4. The maximum absolute atomic E-state index is 2.34. The molecule has 0 N–H and O–H groups in total. The van der Waals surface area contributed by atoms with Crippen LogP contribution in [0.4, 0.5) is 0 Å². The third-order valence-electron chi connectivity index (χ3n) is 3.12. The van der Waals surface area contributed by atoms with Gasteiger partial charge in [-0.2, -0.15) is 11.8 Å². The molecule has 0 saturated heterocycles. The number of rotatable bonds is 11. The topological polar surface area (TPSA) is 0 Å². The van der Waals surface area contributed by atoms with E-state index in [1.807, 2.05) is 11.8 Å². The molecular weight excluding hydrogens is 200 g/mol. The molecule has 0 bridgehead atoms. The zero-order valence-electron chi connectivity index (χ0n) is 11.1. The minimum Gasteiger partial charge on any atom is -0.162 e. The predicted molar refractivity (Wildman–Crippen MR) is 74.8 cm³/mol. The third-order valence-corrected chi connectivity index (χ3v) is 4.16. The van der Waals surface area contributed by atoms with E-state index in [1.54, 1.807) is 0 Å². The summed E-state index contributed by atoms with van der Waals surface area (Å²) in [4.78, 5) is 0. The molecule has 0 radical (unpaired) electrons. The summed E-state index contributed by atoms with van der Waals surface area (Å²) in [6.07, 6.45) is 16.7. The van der Waals surface area contributed by atoms with Gasteiger partial charge in [-0.25, -0.2) is 0 Å². The Morgan fingerprint density at radius 2 is 1.27 bits per heavy atom. The minimum absolute atomic E-state index is 0.870. The third kappa shape index (κ3) is 12.3. The van der Waals surface area contributed by atoms with Crippen LogP contribution in [-0.2, 0) is 0 Å². The van der Waals surface area contributed by atoms with Crippen LogP contribution in [0.25, 0.3) is 0 Å². The Labute approximate surface area is 102 Å². The highest BCUT2D eigenvalue weighted by atomic mass is 32.2. The molecule has 1 unspecified atom stereocenters. The van der Waals surface area contributed by atoms with Crippen molar-refractivity contribution < 1.29 is 0 Å². The monoisotopic (exact) mass is 230 g/mol. The number of hydrogen-bond acceptors (Lipinski definition) is 1. The maximum atomic E-state index is 2.34. The molecule has 0 aromatic heterocycles. The van der Waals surface area contributed by atoms with Crippen molar-refractivity contribution in [3.63, 3.8) is 0 Å². The molecule has 0 aromatic rings. The van der Waals surface area contributed by atoms with Crippen molar-refractivity contribution in [2.75, 3.05) is 6.26 Å². The average molecular weight is 230 g/mol. The van der Waals surface area contributed by atoms with Gasteiger partial charge in [0.15, 0.2) is 0 Å². The van der Waals surface area contributed by atoms with Crippen molar-refractivity contribution in [1.29, 1.82) is 0 Å². The van der Waals surface area contributed by atoms with Crippen LogP contribution in [0.1, 0.15) is 78.1 Å². The van der Waals surface area contributed by atoms with Crippen molar-refractivity contribution in [3.8, 4) is 0 Å². The van der Waals surface area contributed by atoms with E-state index >= 15 is 0 Å². The Kier molecular flexibility index (Phi) is 12.7. The average Bonchev–Trinajstić information content (AvgIpc) is 2.26. The Morgan fingerprint density at radius 3 is 1.73 bits per heavy atom. The molecule has 15 heavy (non-hydrogen) atoms. The summed E-state index contributed by atoms with van der Waals surface area (Å²) in [5.41, 5.74) is 0. The van der Waals surface area contributed by atoms with Crippen LogP contribution >= 0.6 is 11.8 Å². The number of unbranched alkanes of at least 4 members (excludes halogenated alkanes) is 8. The van der Waals surface area contributed by atoms with Gasteiger partial charge >= 0.3 is 0 Å². The van der Waals surface area contributed by atoms with Crippen LogP contribution in [0.3, 0.4) is 0 Å². The van der Waals surface area contributed by atoms with Gasteiger partial charge in [0.25, 0.3) is 0 Å². The second-order valence-corrected chi connectivity index (χ2v) is 5.94. The lowest BCUT2D eigenvalue weighted by Crippen LogP contribution is -1.94. The number of thioether (sulfide) groups is 1. The van der Waals surface area contributed by atoms with E-state index in [0.717, 1.165) is 5.25 Å². The molecule has 0 amide bonds. The van der Waals surface area contributed by atoms with Crippen LogP contribution in [0.2, 0.25) is 0 Å². The fraction of sp³-hybridized carbons (Fsp3) is 1.00. The first-order valence-electron chi connectivity index (χ1n) is 6.84. The molecule has 0 fully saturated rings. The Morgan fingerprint density at radius 1 is 0.800 bits per heavy atom. The minimum atomic E-state index is 0.870. The van der Waals surface area contributed by atoms with Gasteiger partial charge in [-0.05, 0) is 12.7 Å². The summed E-state index contributed by atoms with van der Waals surface area (Å²) in [6, 6.07) is 0. The molecule has 0 nitrogen and oxygen atoms in total. The molecule has 0 heterocycles. The van der Waals surface area contributed by atoms with Crippen molar-refractivity contribution >= 4 is 11.8 Å². The fourth-order valence-electron chi connectivity index (χ4n) is 1.86. The predicted octanol–water partition coefficient (Wildman–Crippen LogP) is 5.66. The first-order valence-corrected chi connectivity index (χ1v) is 8.12. The normalized spacial score (nSPS) is 13.0. The highest BCUT2D eigenvalue weighted by Crippen LogP contribution is 2.15. The van der Waals surface area contributed by atoms with Crippen LogP contribution in [0, 0.1) is 0 Å². The van der Waals surface area contributed by atoms with Gasteiger partial charge < -0.3 is 0 Å². The Bertz CT molecular complexity index is 112. The standard InChI is InChI=1S/C14H30S/c1-4-5-6-7-8-9-10-11-12-13-14(2)15-3/h14H,4-13H2,1-3H3. The van der Waals surface area contributed by atoms with Gasteiger partial charge in [-0.3, -0.25) is 0 Å². The van der Waals surface area contributed by atoms with Crippen molar-refractivity contribution in [3.05, 3.63) is 0 Å². The highest BCUT2D eigenvalue weighted by molar-refractivity contribution is 7.99. The maximum Gasteiger partial charge on any atom is 0.00159 e. The van der Waals surface area contributed by atoms with E-state index in [-0.39, 0.29) is 0 Å². The summed E-state index contributed by atoms with van der Waals surface area (Å²) in [5, 5.41) is 0.870. The Hall–Kier alpha value is 0.350. The fourth-order valence-corrected chi connectivity index (χ4v) is 2.26. The molecule has 1 heteroatoms. The van der Waals surface area contributed by atoms with E-state index in [4.69, 9.17) is 0 Å². The largest absolute Gasteiger partial charge is 0.162 e. The Balaban J connectivity index is 2.92. The summed E-state index contributed by atoms with van der Waals surface area (Å²) in [7, 11) is 0. The summed E-state index contributed by atoms with van der Waals surface area (Å²) in [5.74, 6) is 0. The SMILES string of the molecule is CCCCCCCCCCCC(C)SC. The first kappa shape index (κ1) is 15.3. The molecule has 0 aliphatic carbocycles. The van der Waals surface area contributed by atoms with Gasteiger partial charge in [0.2, 0.25) is 0 Å². The molecule has 92 valence electrons. The van der Waals surface area contributed by atoms with Crippen LogP contribution < -0.4 is 0 Å². The van der Waals surface area contributed by atoms with E-state index in [0.29, 0.717) is 0 Å². The van der Waals surface area contributed by atoms with Crippen LogP contribution in [-0.4, -0.2) is 11.5 Å². The summed E-state index contributed by atoms with van der Waals surface area (Å²) in [6.45, 7) is 4.63. The van der Waals surface area contributed by atoms with Crippen molar-refractivity contribution in [1.82, 2.24) is 0 Å². The van der Waals surface area contributed by atoms with Crippen molar-refractivity contribution in [2.24, 2.45) is 0 Å². The quantitative estimate of drug-likeness (QED) is 0.413. The molecule has 0 saturated carbocycles. The second-order valence-electron chi connectivity index (χ2n) is 4.66. The van der Waals surface area contributed by atoms with Gasteiger partial charge in [-0.15, -0.1) is 0 Å². The van der Waals surface area contributed by atoms with Gasteiger partial charge in [-0.1, -0.05) is 71.6 Å². The lowest BCUT2D eigenvalue weighted by atomic mass is 10.1. The molecule has 0 aliphatic heterocycles.